The van der Waals surface area contributed by atoms with E-state index in [-0.39, 0.29) is 17.5 Å². The highest BCUT2D eigenvalue weighted by Crippen LogP contribution is 2.31. The third-order valence-electron chi connectivity index (χ3n) is 3.18. The van der Waals surface area contributed by atoms with Crippen LogP contribution in [-0.2, 0) is 10.9 Å². The summed E-state index contributed by atoms with van der Waals surface area (Å²) in [7, 11) is 1.91. The van der Waals surface area contributed by atoms with Crippen LogP contribution in [0.2, 0.25) is 0 Å². The van der Waals surface area contributed by atoms with Crippen LogP contribution in [0.1, 0.15) is 26.5 Å². The molecule has 1 amide bonds. The lowest BCUT2D eigenvalue weighted by molar-refractivity contribution is -0.141. The lowest BCUT2D eigenvalue weighted by Crippen LogP contribution is -2.52. The van der Waals surface area contributed by atoms with E-state index in [1.165, 1.54) is 6.07 Å². The van der Waals surface area contributed by atoms with Gasteiger partial charge in [-0.1, -0.05) is 0 Å². The molecule has 24 heavy (non-hydrogen) atoms. The highest BCUT2D eigenvalue weighted by Gasteiger charge is 2.34. The van der Waals surface area contributed by atoms with E-state index in [1.807, 2.05) is 11.9 Å². The van der Waals surface area contributed by atoms with Gasteiger partial charge in [0.15, 0.2) is 0 Å². The van der Waals surface area contributed by atoms with E-state index in [1.54, 1.807) is 20.8 Å². The molecule has 0 saturated carbocycles. The lowest BCUT2D eigenvalue weighted by Gasteiger charge is -2.37. The Balaban J connectivity index is 2.18. The van der Waals surface area contributed by atoms with Crippen LogP contribution in [0, 0.1) is 0 Å². The van der Waals surface area contributed by atoms with Crippen LogP contribution >= 0.6 is 0 Å². The van der Waals surface area contributed by atoms with E-state index in [0.717, 1.165) is 6.07 Å². The van der Waals surface area contributed by atoms with E-state index < -0.39 is 23.6 Å². The molecule has 0 atom stereocenters. The van der Waals surface area contributed by atoms with E-state index in [0.29, 0.717) is 13.1 Å². The van der Waals surface area contributed by atoms with Gasteiger partial charge in [0.25, 0.3) is 0 Å². The number of carbonyl (C=O) groups is 1. The van der Waals surface area contributed by atoms with Gasteiger partial charge < -0.3 is 15.0 Å². The summed E-state index contributed by atoms with van der Waals surface area (Å²) >= 11 is 0. The fraction of sp³-hybridized carbons (Fsp3) is 0.600. The minimum atomic E-state index is -4.61. The summed E-state index contributed by atoms with van der Waals surface area (Å²) in [6, 6.07) is 2.17. The Morgan fingerprint density at radius 1 is 1.29 bits per heavy atom. The predicted molar refractivity (Wildman–Crippen MR) is 84.0 cm³/mol. The number of ether oxygens (including phenoxy) is 1. The summed E-state index contributed by atoms with van der Waals surface area (Å²) in [6.45, 7) is 6.43. The number of rotatable bonds is 3. The largest absolute Gasteiger partial charge is 0.444 e. The molecule has 0 radical (unpaired) electrons. The average molecular weight is 346 g/mol. The zero-order chi connectivity index (χ0) is 18.1. The third-order valence-corrected chi connectivity index (χ3v) is 3.18. The molecule has 2 rings (SSSR count). The Bertz CT molecular complexity index is 608. The Kier molecular flexibility index (Phi) is 4.93. The van der Waals surface area contributed by atoms with Gasteiger partial charge in [0.05, 0.1) is 6.04 Å². The molecule has 0 aliphatic carbocycles. The summed E-state index contributed by atoms with van der Waals surface area (Å²) in [5, 5.41) is 5.26. The van der Waals surface area contributed by atoms with Crippen molar-refractivity contribution in [1.29, 1.82) is 0 Å². The quantitative estimate of drug-likeness (QED) is 0.880. The third kappa shape index (κ3) is 5.26. The number of anilines is 2. The number of likely N-dealkylation sites (tertiary alicyclic amines) is 1. The summed E-state index contributed by atoms with van der Waals surface area (Å²) in [6.07, 6.45) is -5.44. The van der Waals surface area contributed by atoms with Gasteiger partial charge in [-0.3, -0.25) is 5.32 Å². The van der Waals surface area contributed by atoms with Gasteiger partial charge in [-0.2, -0.15) is 13.2 Å². The maximum Gasteiger partial charge on any atom is 0.433 e. The molecule has 0 bridgehead atoms. The molecule has 9 heteroatoms. The van der Waals surface area contributed by atoms with Crippen molar-refractivity contribution in [3.05, 3.63) is 17.8 Å². The molecule has 1 aromatic rings. The van der Waals surface area contributed by atoms with Crippen molar-refractivity contribution in [2.75, 3.05) is 30.8 Å². The number of pyridine rings is 1. The maximum atomic E-state index is 13.0. The molecule has 1 aromatic heterocycles. The van der Waals surface area contributed by atoms with Gasteiger partial charge >= 0.3 is 12.3 Å². The number of alkyl halides is 3. The zero-order valence-corrected chi connectivity index (χ0v) is 14.0. The molecule has 134 valence electrons. The van der Waals surface area contributed by atoms with Crippen molar-refractivity contribution in [2.24, 2.45) is 0 Å². The van der Waals surface area contributed by atoms with E-state index in [2.05, 4.69) is 15.6 Å². The normalized spacial score (nSPS) is 16.5. The molecule has 1 aliphatic heterocycles. The topological polar surface area (TPSA) is 66.5 Å². The summed E-state index contributed by atoms with van der Waals surface area (Å²) in [4.78, 5) is 17.4. The number of carbonyl (C=O) groups excluding carboxylic acids is 1. The van der Waals surface area contributed by atoms with Crippen LogP contribution < -0.4 is 10.6 Å². The van der Waals surface area contributed by atoms with Crippen molar-refractivity contribution in [2.45, 2.75) is 38.6 Å². The maximum absolute atomic E-state index is 13.0. The number of hydrogen-bond acceptors (Lipinski definition) is 5. The molecule has 0 aromatic carbocycles. The number of likely N-dealkylation sites (N-methyl/N-ethyl adjacent to an activating group) is 1. The smallest absolute Gasteiger partial charge is 0.433 e. The second-order valence-electron chi connectivity index (χ2n) is 6.81. The van der Waals surface area contributed by atoms with Gasteiger partial charge in [-0.25, -0.2) is 9.78 Å². The summed E-state index contributed by atoms with van der Waals surface area (Å²) < 4.78 is 44.1. The van der Waals surface area contributed by atoms with Crippen LogP contribution in [-0.4, -0.2) is 47.8 Å². The van der Waals surface area contributed by atoms with Crippen molar-refractivity contribution in [3.63, 3.8) is 0 Å². The fourth-order valence-corrected chi connectivity index (χ4v) is 2.24. The minimum absolute atomic E-state index is 0.0262. The SMILES string of the molecule is CN1CC(Nc2cc(NC(=O)OC(C)(C)C)cc(C(F)(F)F)n2)C1. The van der Waals surface area contributed by atoms with Crippen LogP contribution in [0.5, 0.6) is 0 Å². The number of nitrogens with one attached hydrogen (secondary N) is 2. The number of hydrogen-bond donors (Lipinski definition) is 2. The van der Waals surface area contributed by atoms with Gasteiger partial charge in [0.2, 0.25) is 0 Å². The Hall–Kier alpha value is -2.03. The molecule has 0 spiro atoms. The Labute approximate surface area is 138 Å². The van der Waals surface area contributed by atoms with Gasteiger partial charge in [-0.05, 0) is 33.9 Å². The average Bonchev–Trinajstić information content (AvgIpc) is 2.33. The first-order valence-corrected chi connectivity index (χ1v) is 7.47. The van der Waals surface area contributed by atoms with Crippen molar-refractivity contribution in [1.82, 2.24) is 9.88 Å². The molecule has 6 nitrogen and oxygen atoms in total. The minimum Gasteiger partial charge on any atom is -0.444 e. The van der Waals surface area contributed by atoms with Crippen LogP contribution in [0.15, 0.2) is 12.1 Å². The standard InChI is InChI=1S/C15H21F3N4O2/c1-14(2,3)24-13(23)20-9-5-11(15(16,17)18)21-12(6-9)19-10-7-22(4)8-10/h5-6,10H,7-8H2,1-4H3,(H2,19,20,21,23). The first kappa shape index (κ1) is 18.3. The van der Waals surface area contributed by atoms with Gasteiger partial charge in [0.1, 0.15) is 17.1 Å². The summed E-state index contributed by atoms with van der Waals surface area (Å²) in [5.41, 5.74) is -1.85. The predicted octanol–water partition coefficient (Wildman–Crippen LogP) is 3.17. The van der Waals surface area contributed by atoms with Gasteiger partial charge in [-0.15, -0.1) is 0 Å². The molecule has 2 heterocycles. The number of halogens is 3. The first-order chi connectivity index (χ1) is 10.9. The summed E-state index contributed by atoms with van der Waals surface area (Å²) in [5.74, 6) is 0.0639. The number of aromatic nitrogens is 1. The molecule has 2 N–H and O–H groups in total. The monoisotopic (exact) mass is 346 g/mol. The highest BCUT2D eigenvalue weighted by atomic mass is 19.4. The Morgan fingerprint density at radius 3 is 2.42 bits per heavy atom. The van der Waals surface area contributed by atoms with Crippen molar-refractivity contribution < 1.29 is 22.7 Å². The van der Waals surface area contributed by atoms with Crippen molar-refractivity contribution >= 4 is 17.6 Å². The van der Waals surface area contributed by atoms with Crippen molar-refractivity contribution in [3.8, 4) is 0 Å². The zero-order valence-electron chi connectivity index (χ0n) is 14.0. The van der Waals surface area contributed by atoms with E-state index >= 15 is 0 Å². The number of nitrogens with zero attached hydrogens (tertiary/aromatic N) is 2. The van der Waals surface area contributed by atoms with Gasteiger partial charge in [0, 0.05) is 24.8 Å². The number of amides is 1. The second kappa shape index (κ2) is 6.46. The van der Waals surface area contributed by atoms with Crippen LogP contribution in [0.3, 0.4) is 0 Å². The molecular weight excluding hydrogens is 325 g/mol. The highest BCUT2D eigenvalue weighted by molar-refractivity contribution is 5.85. The molecule has 1 saturated heterocycles. The molecule has 0 unspecified atom stereocenters. The molecular formula is C15H21F3N4O2. The molecule has 1 aliphatic rings. The second-order valence-corrected chi connectivity index (χ2v) is 6.81. The Morgan fingerprint density at radius 2 is 1.92 bits per heavy atom. The first-order valence-electron chi connectivity index (χ1n) is 7.47. The molecule has 1 fully saturated rings. The van der Waals surface area contributed by atoms with E-state index in [9.17, 15) is 18.0 Å². The van der Waals surface area contributed by atoms with Crippen LogP contribution in [0.25, 0.3) is 0 Å². The van der Waals surface area contributed by atoms with Crippen LogP contribution in [0.4, 0.5) is 29.5 Å². The van der Waals surface area contributed by atoms with E-state index in [4.69, 9.17) is 4.74 Å². The fourth-order valence-electron chi connectivity index (χ4n) is 2.24. The lowest BCUT2D eigenvalue weighted by atomic mass is 10.1.